The number of pyridine rings is 1. The molecule has 0 radical (unpaired) electrons. The van der Waals surface area contributed by atoms with Crippen LogP contribution in [-0.4, -0.2) is 9.38 Å². The Morgan fingerprint density at radius 1 is 0.727 bits per heavy atom. The number of nitrogens with zero attached hydrogens (tertiary/aromatic N) is 2. The molecule has 0 bridgehead atoms. The molecule has 5 aromatic rings. The van der Waals surface area contributed by atoms with E-state index in [-0.39, 0.29) is 0 Å². The van der Waals surface area contributed by atoms with Crippen LogP contribution in [0.5, 0.6) is 0 Å². The second-order valence-corrected chi connectivity index (χ2v) is 5.83. The Hall–Kier alpha value is -2.87. The van der Waals surface area contributed by atoms with Crippen molar-refractivity contribution in [1.82, 2.24) is 9.38 Å². The molecule has 2 nitrogen and oxygen atoms in total. The van der Waals surface area contributed by atoms with Crippen LogP contribution in [0.15, 0.2) is 66.7 Å². The maximum atomic E-state index is 4.88. The summed E-state index contributed by atoms with van der Waals surface area (Å²) in [5.41, 5.74) is 5.74. The van der Waals surface area contributed by atoms with Crippen molar-refractivity contribution in [3.05, 3.63) is 72.3 Å². The quantitative estimate of drug-likeness (QED) is 0.361. The van der Waals surface area contributed by atoms with Crippen molar-refractivity contribution >= 4 is 38.4 Å². The Bertz CT molecular complexity index is 1180. The van der Waals surface area contributed by atoms with E-state index in [0.29, 0.717) is 0 Å². The van der Waals surface area contributed by atoms with Crippen LogP contribution in [-0.2, 0) is 0 Å². The number of aromatic nitrogens is 2. The minimum Gasteiger partial charge on any atom is -0.292 e. The summed E-state index contributed by atoms with van der Waals surface area (Å²) in [4.78, 5) is 4.88. The fourth-order valence-electron chi connectivity index (χ4n) is 3.42. The highest BCUT2D eigenvalue weighted by Crippen LogP contribution is 2.32. The van der Waals surface area contributed by atoms with Gasteiger partial charge >= 0.3 is 0 Å². The van der Waals surface area contributed by atoms with Crippen LogP contribution < -0.4 is 0 Å². The third-order valence-electron chi connectivity index (χ3n) is 4.41. The van der Waals surface area contributed by atoms with E-state index in [1.807, 2.05) is 6.07 Å². The Balaban J connectivity index is 2.23. The molecule has 2 heteroatoms. The molecule has 0 unspecified atom stereocenters. The number of benzene rings is 3. The summed E-state index contributed by atoms with van der Waals surface area (Å²) in [5, 5.41) is 3.76. The number of rotatable bonds is 0. The van der Waals surface area contributed by atoms with Gasteiger partial charge in [-0.05, 0) is 36.6 Å². The van der Waals surface area contributed by atoms with Crippen LogP contribution in [0.25, 0.3) is 38.4 Å². The minimum absolute atomic E-state index is 1.04. The van der Waals surface area contributed by atoms with E-state index in [1.165, 1.54) is 27.2 Å². The second kappa shape index (κ2) is 4.08. The number of hydrogen-bond acceptors (Lipinski definition) is 1. The molecule has 2 aromatic heterocycles. The summed E-state index contributed by atoms with van der Waals surface area (Å²) >= 11 is 0. The first-order valence-electron chi connectivity index (χ1n) is 7.51. The first-order chi connectivity index (χ1) is 10.8. The fraction of sp³-hybridized carbons (Fsp3) is 0.0500. The highest BCUT2D eigenvalue weighted by molar-refractivity contribution is 6.13. The van der Waals surface area contributed by atoms with Crippen molar-refractivity contribution in [3.8, 4) is 0 Å². The van der Waals surface area contributed by atoms with Gasteiger partial charge in [0.2, 0.25) is 0 Å². The highest BCUT2D eigenvalue weighted by Gasteiger charge is 2.12. The van der Waals surface area contributed by atoms with Gasteiger partial charge in [0.25, 0.3) is 0 Å². The van der Waals surface area contributed by atoms with Gasteiger partial charge in [-0.2, -0.15) is 0 Å². The zero-order chi connectivity index (χ0) is 14.7. The molecule has 2 heterocycles. The van der Waals surface area contributed by atoms with E-state index in [2.05, 4.69) is 72.0 Å². The Kier molecular flexibility index (Phi) is 2.18. The molecule has 0 aliphatic carbocycles. The topological polar surface area (TPSA) is 17.3 Å². The van der Waals surface area contributed by atoms with Crippen molar-refractivity contribution in [2.45, 2.75) is 6.92 Å². The van der Waals surface area contributed by atoms with Crippen molar-refractivity contribution in [3.63, 3.8) is 0 Å². The van der Waals surface area contributed by atoms with Gasteiger partial charge in [0.1, 0.15) is 5.65 Å². The third kappa shape index (κ3) is 1.41. The van der Waals surface area contributed by atoms with Gasteiger partial charge in [-0.15, -0.1) is 0 Å². The summed E-state index contributed by atoms with van der Waals surface area (Å²) in [5.74, 6) is 0. The van der Waals surface area contributed by atoms with Crippen molar-refractivity contribution in [2.75, 3.05) is 0 Å². The van der Waals surface area contributed by atoms with Crippen molar-refractivity contribution in [2.24, 2.45) is 0 Å². The van der Waals surface area contributed by atoms with Gasteiger partial charge in [-0.25, -0.2) is 4.98 Å². The molecule has 3 aromatic carbocycles. The molecule has 0 amide bonds. The molecule has 0 atom stereocenters. The van der Waals surface area contributed by atoms with E-state index in [0.717, 1.165) is 16.7 Å². The predicted octanol–water partition coefficient (Wildman–Crippen LogP) is 5.10. The Labute approximate surface area is 127 Å². The van der Waals surface area contributed by atoms with Crippen LogP contribution in [0.3, 0.4) is 0 Å². The van der Waals surface area contributed by atoms with Gasteiger partial charge in [0.15, 0.2) is 0 Å². The minimum atomic E-state index is 1.04. The summed E-state index contributed by atoms with van der Waals surface area (Å²) < 4.78 is 2.28. The summed E-state index contributed by atoms with van der Waals surface area (Å²) in [7, 11) is 0. The van der Waals surface area contributed by atoms with Gasteiger partial charge in [0, 0.05) is 10.8 Å². The van der Waals surface area contributed by atoms with Gasteiger partial charge in [-0.3, -0.25) is 4.40 Å². The van der Waals surface area contributed by atoms with Crippen LogP contribution in [0.4, 0.5) is 0 Å². The lowest BCUT2D eigenvalue weighted by molar-refractivity contribution is 1.31. The Morgan fingerprint density at radius 2 is 1.50 bits per heavy atom. The molecule has 0 aliphatic heterocycles. The Morgan fingerprint density at radius 3 is 2.41 bits per heavy atom. The van der Waals surface area contributed by atoms with Crippen LogP contribution in [0, 0.1) is 6.92 Å². The molecule has 0 saturated carbocycles. The maximum absolute atomic E-state index is 4.88. The summed E-state index contributed by atoms with van der Waals surface area (Å²) in [6.07, 6.45) is 0. The van der Waals surface area contributed by atoms with Crippen LogP contribution in [0.2, 0.25) is 0 Å². The second-order valence-electron chi connectivity index (χ2n) is 5.83. The lowest BCUT2D eigenvalue weighted by Crippen LogP contribution is -1.91. The summed E-state index contributed by atoms with van der Waals surface area (Å²) in [6.45, 7) is 2.14. The standard InChI is InChI=1S/C20H14N2/c1-13-10-11-18-16(12-13)14-6-2-3-7-15(14)20-21-17-8-4-5-9-19(17)22(18)20/h2-12H,1H3. The van der Waals surface area contributed by atoms with Crippen LogP contribution >= 0.6 is 0 Å². The monoisotopic (exact) mass is 282 g/mol. The fourth-order valence-corrected chi connectivity index (χ4v) is 3.42. The highest BCUT2D eigenvalue weighted by atomic mass is 15.0. The van der Waals surface area contributed by atoms with E-state index in [4.69, 9.17) is 4.98 Å². The number of fused-ring (bicyclic) bond motifs is 8. The predicted molar refractivity (Wildman–Crippen MR) is 92.4 cm³/mol. The lowest BCUT2D eigenvalue weighted by Gasteiger charge is -2.09. The molecular formula is C20H14N2. The van der Waals surface area contributed by atoms with Gasteiger partial charge in [-0.1, -0.05) is 48.0 Å². The zero-order valence-corrected chi connectivity index (χ0v) is 12.2. The molecule has 0 N–H and O–H groups in total. The zero-order valence-electron chi connectivity index (χ0n) is 12.2. The van der Waals surface area contributed by atoms with Gasteiger partial charge in [0.05, 0.1) is 16.6 Å². The average Bonchev–Trinajstić information content (AvgIpc) is 2.95. The van der Waals surface area contributed by atoms with Crippen molar-refractivity contribution < 1.29 is 0 Å². The number of imidazole rings is 1. The first kappa shape index (κ1) is 11.8. The maximum Gasteiger partial charge on any atom is 0.146 e. The van der Waals surface area contributed by atoms with E-state index >= 15 is 0 Å². The van der Waals surface area contributed by atoms with Crippen molar-refractivity contribution in [1.29, 1.82) is 0 Å². The molecule has 22 heavy (non-hydrogen) atoms. The van der Waals surface area contributed by atoms with Gasteiger partial charge < -0.3 is 0 Å². The average molecular weight is 282 g/mol. The van der Waals surface area contributed by atoms with E-state index < -0.39 is 0 Å². The lowest BCUT2D eigenvalue weighted by atomic mass is 10.0. The SMILES string of the molecule is Cc1ccc2c(c1)c1ccccc1c1nc3ccccc3n21. The van der Waals surface area contributed by atoms with E-state index in [1.54, 1.807) is 0 Å². The smallest absolute Gasteiger partial charge is 0.146 e. The molecule has 0 spiro atoms. The number of aryl methyl sites for hydroxylation is 1. The third-order valence-corrected chi connectivity index (χ3v) is 4.41. The molecular weight excluding hydrogens is 268 g/mol. The normalized spacial score (nSPS) is 11.9. The molecule has 104 valence electrons. The molecule has 5 rings (SSSR count). The molecule has 0 saturated heterocycles. The van der Waals surface area contributed by atoms with E-state index in [9.17, 15) is 0 Å². The number of para-hydroxylation sites is 2. The number of hydrogen-bond donors (Lipinski definition) is 0. The first-order valence-corrected chi connectivity index (χ1v) is 7.51. The summed E-state index contributed by atoms with van der Waals surface area (Å²) in [6, 6.07) is 23.5. The van der Waals surface area contributed by atoms with Crippen LogP contribution in [0.1, 0.15) is 5.56 Å². The molecule has 0 aliphatic rings. The molecule has 0 fully saturated rings. The largest absolute Gasteiger partial charge is 0.292 e.